The Labute approximate surface area is 169 Å². The van der Waals surface area contributed by atoms with Crippen LogP contribution in [0.2, 0.25) is 5.02 Å². The van der Waals surface area contributed by atoms with Gasteiger partial charge in [-0.2, -0.15) is 4.31 Å². The highest BCUT2D eigenvalue weighted by molar-refractivity contribution is 7.89. The predicted octanol–water partition coefficient (Wildman–Crippen LogP) is 3.15. The number of nitrogens with one attached hydrogen (secondary N) is 1. The number of halogens is 1. The molecule has 3 rings (SSSR count). The lowest BCUT2D eigenvalue weighted by molar-refractivity contribution is -0.118. The van der Waals surface area contributed by atoms with E-state index in [1.54, 1.807) is 24.3 Å². The first-order valence-electron chi connectivity index (χ1n) is 8.77. The fraction of sp³-hybridized carbons (Fsp3) is 0.316. The van der Waals surface area contributed by atoms with E-state index in [0.29, 0.717) is 24.5 Å². The summed E-state index contributed by atoms with van der Waals surface area (Å²) in [4.78, 5) is 12.2. The van der Waals surface area contributed by atoms with E-state index in [1.165, 1.54) is 29.6 Å². The maximum atomic E-state index is 12.9. The molecule has 0 bridgehead atoms. The first-order chi connectivity index (χ1) is 13.4. The number of anilines is 1. The minimum Gasteiger partial charge on any atom is -0.495 e. The second-order valence-corrected chi connectivity index (χ2v) is 8.58. The molecule has 0 saturated carbocycles. The molecule has 28 heavy (non-hydrogen) atoms. The van der Waals surface area contributed by atoms with E-state index >= 15 is 0 Å². The standard InChI is InChI=1S/C19H21ClN2O5S/c1-26-16-7-3-2-6-15(16)21-19(23)13-27-17-9-8-14(20)12-18(17)28(24,25)22-10-4-5-11-22/h2-3,6-9,12H,4-5,10-11,13H2,1H3,(H,21,23). The molecule has 0 radical (unpaired) electrons. The van der Waals surface area contributed by atoms with Crippen molar-refractivity contribution in [3.8, 4) is 11.5 Å². The van der Waals surface area contributed by atoms with E-state index in [9.17, 15) is 13.2 Å². The molecule has 1 fully saturated rings. The van der Waals surface area contributed by atoms with Crippen LogP contribution < -0.4 is 14.8 Å². The van der Waals surface area contributed by atoms with Crippen molar-refractivity contribution in [3.63, 3.8) is 0 Å². The number of sulfonamides is 1. The van der Waals surface area contributed by atoms with Gasteiger partial charge in [0.1, 0.15) is 16.4 Å². The third kappa shape index (κ3) is 4.57. The first-order valence-corrected chi connectivity index (χ1v) is 10.6. The van der Waals surface area contributed by atoms with Gasteiger partial charge in [0.2, 0.25) is 10.0 Å². The smallest absolute Gasteiger partial charge is 0.262 e. The Hall–Kier alpha value is -2.29. The second-order valence-electron chi connectivity index (χ2n) is 6.24. The van der Waals surface area contributed by atoms with Crippen molar-refractivity contribution in [2.75, 3.05) is 32.1 Å². The van der Waals surface area contributed by atoms with E-state index in [0.717, 1.165) is 12.8 Å². The van der Waals surface area contributed by atoms with Crippen LogP contribution in [0.5, 0.6) is 11.5 Å². The topological polar surface area (TPSA) is 84.9 Å². The molecule has 1 amide bonds. The van der Waals surface area contributed by atoms with Gasteiger partial charge in [-0.05, 0) is 43.2 Å². The van der Waals surface area contributed by atoms with Gasteiger partial charge in [-0.3, -0.25) is 4.79 Å². The van der Waals surface area contributed by atoms with Crippen LogP contribution in [0.3, 0.4) is 0 Å². The summed E-state index contributed by atoms with van der Waals surface area (Å²) in [6.45, 7) is 0.563. The van der Waals surface area contributed by atoms with Crippen molar-refractivity contribution < 1.29 is 22.7 Å². The summed E-state index contributed by atoms with van der Waals surface area (Å²) in [7, 11) is -2.23. The molecule has 0 atom stereocenters. The number of rotatable bonds is 7. The largest absolute Gasteiger partial charge is 0.495 e. The molecule has 7 nitrogen and oxygen atoms in total. The van der Waals surface area contributed by atoms with Gasteiger partial charge in [0.15, 0.2) is 6.61 Å². The monoisotopic (exact) mass is 424 g/mol. The third-order valence-electron chi connectivity index (χ3n) is 4.33. The summed E-state index contributed by atoms with van der Waals surface area (Å²) in [5.74, 6) is 0.162. The van der Waals surface area contributed by atoms with Crippen molar-refractivity contribution in [1.82, 2.24) is 4.31 Å². The molecule has 1 saturated heterocycles. The summed E-state index contributed by atoms with van der Waals surface area (Å²) in [5.41, 5.74) is 0.500. The van der Waals surface area contributed by atoms with Crippen LogP contribution in [0, 0.1) is 0 Å². The molecule has 150 valence electrons. The van der Waals surface area contributed by atoms with Crippen LogP contribution in [-0.4, -0.2) is 45.4 Å². The van der Waals surface area contributed by atoms with E-state index in [2.05, 4.69) is 5.32 Å². The van der Waals surface area contributed by atoms with E-state index in [1.807, 2.05) is 0 Å². The van der Waals surface area contributed by atoms with Crippen molar-refractivity contribution >= 4 is 33.2 Å². The van der Waals surface area contributed by atoms with Crippen LogP contribution >= 0.6 is 11.6 Å². The van der Waals surface area contributed by atoms with Gasteiger partial charge in [0, 0.05) is 18.1 Å². The lowest BCUT2D eigenvalue weighted by Gasteiger charge is -2.18. The summed E-state index contributed by atoms with van der Waals surface area (Å²) >= 11 is 6.00. The number of carbonyl (C=O) groups is 1. The normalized spacial score (nSPS) is 14.6. The van der Waals surface area contributed by atoms with Crippen LogP contribution in [0.4, 0.5) is 5.69 Å². The number of hydrogen-bond donors (Lipinski definition) is 1. The summed E-state index contributed by atoms with van der Waals surface area (Å²) in [6.07, 6.45) is 1.63. The van der Waals surface area contributed by atoms with Crippen molar-refractivity contribution in [3.05, 3.63) is 47.5 Å². The zero-order valence-electron chi connectivity index (χ0n) is 15.4. The molecule has 1 heterocycles. The highest BCUT2D eigenvalue weighted by Gasteiger charge is 2.30. The van der Waals surface area contributed by atoms with Gasteiger partial charge in [0.05, 0.1) is 12.8 Å². The average molecular weight is 425 g/mol. The highest BCUT2D eigenvalue weighted by Crippen LogP contribution is 2.31. The van der Waals surface area contributed by atoms with Crippen LogP contribution in [0.1, 0.15) is 12.8 Å². The number of methoxy groups -OCH3 is 1. The molecular weight excluding hydrogens is 404 g/mol. The molecule has 0 spiro atoms. The molecule has 9 heteroatoms. The number of hydrogen-bond acceptors (Lipinski definition) is 5. The molecule has 1 aliphatic heterocycles. The zero-order valence-corrected chi connectivity index (χ0v) is 16.9. The molecule has 2 aromatic rings. The highest BCUT2D eigenvalue weighted by atomic mass is 35.5. The van der Waals surface area contributed by atoms with Gasteiger partial charge in [-0.25, -0.2) is 8.42 Å². The molecule has 1 aliphatic rings. The minimum absolute atomic E-state index is 0.0352. The van der Waals surface area contributed by atoms with Crippen LogP contribution in [-0.2, 0) is 14.8 Å². The van der Waals surface area contributed by atoms with E-state index < -0.39 is 15.9 Å². The number of ether oxygens (including phenoxy) is 2. The van der Waals surface area contributed by atoms with Gasteiger partial charge >= 0.3 is 0 Å². The quantitative estimate of drug-likeness (QED) is 0.738. The van der Waals surface area contributed by atoms with Crippen molar-refractivity contribution in [2.24, 2.45) is 0 Å². The first kappa shape index (κ1) is 20.4. The Morgan fingerprint density at radius 1 is 1.14 bits per heavy atom. The molecule has 0 aliphatic carbocycles. The summed E-state index contributed by atoms with van der Waals surface area (Å²) in [6, 6.07) is 11.3. The fourth-order valence-corrected chi connectivity index (χ4v) is 4.86. The molecule has 0 aromatic heterocycles. The van der Waals surface area contributed by atoms with E-state index in [-0.39, 0.29) is 22.3 Å². The van der Waals surface area contributed by atoms with Crippen molar-refractivity contribution in [2.45, 2.75) is 17.7 Å². The van der Waals surface area contributed by atoms with Gasteiger partial charge in [-0.15, -0.1) is 0 Å². The molecule has 0 unspecified atom stereocenters. The lowest BCUT2D eigenvalue weighted by atomic mass is 10.3. The predicted molar refractivity (Wildman–Crippen MR) is 107 cm³/mol. The number of para-hydroxylation sites is 2. The number of amides is 1. The second kappa shape index (κ2) is 8.81. The minimum atomic E-state index is -3.74. The summed E-state index contributed by atoms with van der Waals surface area (Å²) < 4.78 is 37.9. The van der Waals surface area contributed by atoms with E-state index in [4.69, 9.17) is 21.1 Å². The zero-order chi connectivity index (χ0) is 20.1. The van der Waals surface area contributed by atoms with Crippen LogP contribution in [0.25, 0.3) is 0 Å². The maximum absolute atomic E-state index is 12.9. The number of benzene rings is 2. The van der Waals surface area contributed by atoms with Crippen molar-refractivity contribution in [1.29, 1.82) is 0 Å². The SMILES string of the molecule is COc1ccccc1NC(=O)COc1ccc(Cl)cc1S(=O)(=O)N1CCCC1. The lowest BCUT2D eigenvalue weighted by Crippen LogP contribution is -2.28. The Bertz CT molecular complexity index is 959. The van der Waals surface area contributed by atoms with Crippen LogP contribution in [0.15, 0.2) is 47.4 Å². The maximum Gasteiger partial charge on any atom is 0.262 e. The molecule has 1 N–H and O–H groups in total. The number of nitrogens with zero attached hydrogens (tertiary/aromatic N) is 1. The Kier molecular flexibility index (Phi) is 6.43. The average Bonchev–Trinajstić information content (AvgIpc) is 3.23. The molecular formula is C19H21ClN2O5S. The summed E-state index contributed by atoms with van der Waals surface area (Å²) in [5, 5.41) is 2.96. The van der Waals surface area contributed by atoms with Gasteiger partial charge in [0.25, 0.3) is 5.91 Å². The molecule has 2 aromatic carbocycles. The number of carbonyl (C=O) groups excluding carboxylic acids is 1. The van der Waals surface area contributed by atoms with Gasteiger partial charge in [-0.1, -0.05) is 23.7 Å². The Morgan fingerprint density at radius 3 is 2.57 bits per heavy atom. The Morgan fingerprint density at radius 2 is 1.86 bits per heavy atom. The van der Waals surface area contributed by atoms with Gasteiger partial charge < -0.3 is 14.8 Å². The Balaban J connectivity index is 1.75. The fourth-order valence-electron chi connectivity index (χ4n) is 2.95. The third-order valence-corrected chi connectivity index (χ3v) is 6.48.